The van der Waals surface area contributed by atoms with Crippen molar-refractivity contribution in [3.8, 4) is 84.7 Å². The first-order chi connectivity index (χ1) is 54.4. The van der Waals surface area contributed by atoms with E-state index in [2.05, 4.69) is 307 Å². The number of fused-ring (bicyclic) bond motifs is 13. The number of para-hydroxylation sites is 1. The van der Waals surface area contributed by atoms with Gasteiger partial charge in [-0.3, -0.25) is 0 Å². The van der Waals surface area contributed by atoms with Gasteiger partial charge < -0.3 is 24.0 Å². The van der Waals surface area contributed by atoms with E-state index in [0.29, 0.717) is 34.9 Å². The van der Waals surface area contributed by atoms with Crippen LogP contribution < -0.4 is 10.5 Å². The van der Waals surface area contributed by atoms with Crippen LogP contribution in [0.1, 0.15) is 30.0 Å². The van der Waals surface area contributed by atoms with Gasteiger partial charge in [0, 0.05) is 76.8 Å². The van der Waals surface area contributed by atoms with Gasteiger partial charge in [0.15, 0.2) is 30.0 Å². The second-order valence-corrected chi connectivity index (χ2v) is 27.8. The van der Waals surface area contributed by atoms with E-state index < -0.39 is 0 Å². The number of rotatable bonds is 15. The number of allylic oxidation sites excluding steroid dienone is 1. The van der Waals surface area contributed by atoms with E-state index in [4.69, 9.17) is 39.8 Å². The maximum atomic E-state index is 7.23. The lowest BCUT2D eigenvalue weighted by Crippen LogP contribution is -2.17. The van der Waals surface area contributed by atoms with Crippen LogP contribution in [0.2, 0.25) is 0 Å². The molecule has 0 unspecified atom stereocenters. The third kappa shape index (κ3) is 11.6. The van der Waals surface area contributed by atoms with E-state index in [-0.39, 0.29) is 6.73 Å². The number of ether oxygens (including phenoxy) is 1. The zero-order chi connectivity index (χ0) is 73.2. The van der Waals surface area contributed by atoms with E-state index in [9.17, 15) is 0 Å². The molecule has 0 saturated carbocycles. The molecule has 0 atom stereocenters. The van der Waals surface area contributed by atoms with Gasteiger partial charge in [-0.2, -0.15) is 0 Å². The molecule has 20 aromatic rings. The third-order valence-corrected chi connectivity index (χ3v) is 21.2. The monoisotopic (exact) mass is 1410 g/mol. The zero-order valence-electron chi connectivity index (χ0n) is 60.0. The number of nitrogens with zero attached hydrogens (tertiary/aromatic N) is 7. The molecule has 0 saturated heterocycles. The molecule has 10 heteroatoms. The highest BCUT2D eigenvalue weighted by Crippen LogP contribution is 2.44. The largest absolute Gasteiger partial charge is 0.471 e. The Kier molecular flexibility index (Phi) is 16.2. The van der Waals surface area contributed by atoms with Gasteiger partial charge in [-0.1, -0.05) is 280 Å². The first-order valence-corrected chi connectivity index (χ1v) is 37.2. The van der Waals surface area contributed by atoms with Crippen LogP contribution in [0.25, 0.3) is 183 Å². The fourth-order valence-corrected chi connectivity index (χ4v) is 16.0. The molecule has 0 fully saturated rings. The van der Waals surface area contributed by atoms with E-state index in [1.165, 1.54) is 48.7 Å². The molecule has 0 spiro atoms. The summed E-state index contributed by atoms with van der Waals surface area (Å²) in [6.07, 6.45) is 5.19. The maximum absolute atomic E-state index is 7.23. The number of benzene rings is 16. The smallest absolute Gasteiger partial charge is 0.181 e. The highest BCUT2D eigenvalue weighted by molar-refractivity contribution is 6.20. The molecule has 110 heavy (non-hydrogen) atoms. The Bertz CT molecular complexity index is 7130. The molecule has 0 aliphatic carbocycles. The average molecular weight is 1410 g/mol. The predicted molar refractivity (Wildman–Crippen MR) is 456 cm³/mol. The summed E-state index contributed by atoms with van der Waals surface area (Å²) < 4.78 is 18.4. The van der Waals surface area contributed by atoms with Gasteiger partial charge in [0.2, 0.25) is 0 Å². The molecule has 4 aromatic heterocycles. The van der Waals surface area contributed by atoms with Crippen molar-refractivity contribution in [2.24, 2.45) is 15.7 Å². The Morgan fingerprint density at radius 2 is 1.01 bits per heavy atom. The number of nitrogens with two attached hydrogens (primary N) is 1. The van der Waals surface area contributed by atoms with Crippen molar-refractivity contribution in [3.05, 3.63) is 369 Å². The van der Waals surface area contributed by atoms with Crippen molar-refractivity contribution in [1.29, 1.82) is 0 Å². The lowest BCUT2D eigenvalue weighted by Gasteiger charge is -2.16. The number of furan rings is 1. The van der Waals surface area contributed by atoms with Crippen molar-refractivity contribution < 1.29 is 9.15 Å². The van der Waals surface area contributed by atoms with E-state index >= 15 is 0 Å². The number of hydrogen-bond donors (Lipinski definition) is 1. The molecule has 10 nitrogen and oxygen atoms in total. The Morgan fingerprint density at radius 1 is 0.391 bits per heavy atom. The van der Waals surface area contributed by atoms with Crippen LogP contribution in [-0.4, -0.2) is 42.5 Å². The second-order valence-electron chi connectivity index (χ2n) is 27.8. The molecule has 0 radical (unpaired) electrons. The van der Waals surface area contributed by atoms with Gasteiger partial charge in [0.25, 0.3) is 0 Å². The van der Waals surface area contributed by atoms with E-state index in [0.717, 1.165) is 134 Å². The van der Waals surface area contributed by atoms with Crippen molar-refractivity contribution in [2.75, 3.05) is 6.73 Å². The molecule has 520 valence electrons. The van der Waals surface area contributed by atoms with Gasteiger partial charge >= 0.3 is 0 Å². The Labute approximate surface area is 634 Å². The molecule has 20 rings (SSSR count). The molecule has 4 heterocycles. The number of amidine groups is 2. The van der Waals surface area contributed by atoms with Crippen molar-refractivity contribution in [3.63, 3.8) is 0 Å². The average Bonchev–Trinajstić information content (AvgIpc) is 1.58. The normalized spacial score (nSPS) is 12.2. The molecule has 0 aliphatic heterocycles. The zero-order valence-corrected chi connectivity index (χ0v) is 60.0. The van der Waals surface area contributed by atoms with Crippen LogP contribution in [0, 0.1) is 0 Å². The lowest BCUT2D eigenvalue weighted by molar-refractivity contribution is 0.330. The predicted octanol–water partition coefficient (Wildman–Crippen LogP) is 25.0. The Morgan fingerprint density at radius 3 is 1.81 bits per heavy atom. The standard InChI is InChI=1S/C100H68N8O2/c1-2-3-36-81-88(108-87-41-20-19-39-79(87)80-52-49-66-28-15-18-38-78(66)95(80)108)42-23-43-91(81)109-62-102-97(67-29-11-6-12-30-67)103-96(101)74-35-21-34-73(55-74)83-59-75(56-72-33-16-17-37-77(72)83)99-104-98(68-47-45-65(46-48-68)63-24-7-4-8-25-63)105-100(106-99)82-40-22-44-93-94(82)86-61-76(51-54-92(86)110-93)107-89-53-50-71(64-26-9-5-10-27-64)58-84(89)85-57-69-31-13-14-32-70(69)60-90(85)107/h3-61H,2,62H2,1H3,(H2,101,102,103)/b36-3+. The first kappa shape index (κ1) is 64.9. The van der Waals surface area contributed by atoms with Crippen molar-refractivity contribution in [2.45, 2.75) is 13.3 Å². The maximum Gasteiger partial charge on any atom is 0.181 e. The lowest BCUT2D eigenvalue weighted by atomic mass is 9.94. The summed E-state index contributed by atoms with van der Waals surface area (Å²) in [5, 5.41) is 13.3. The topological polar surface area (TPSA) is 122 Å². The van der Waals surface area contributed by atoms with Crippen molar-refractivity contribution in [1.82, 2.24) is 24.1 Å². The summed E-state index contributed by atoms with van der Waals surface area (Å²) in [5.74, 6) is 2.96. The molecular formula is C100H68N8O2. The minimum absolute atomic E-state index is 0.0287. The van der Waals surface area contributed by atoms with Gasteiger partial charge in [-0.15, -0.1) is 0 Å². The van der Waals surface area contributed by atoms with E-state index in [1.54, 1.807) is 0 Å². The van der Waals surface area contributed by atoms with Gasteiger partial charge in [0.05, 0.1) is 27.8 Å². The van der Waals surface area contributed by atoms with E-state index in [1.807, 2.05) is 66.7 Å². The molecule has 0 bridgehead atoms. The SMILES string of the molecule is CC/C=C/c1c(OC/N=C(\N=C(/N)c2cccc(-c3cc(-c4nc(-c5ccc(-c6ccccc6)cc5)nc(-c5cccc6oc7ccc(-n8c9ccc(-c%10ccccc%10)cc9c9cc%10ccccc%10cc98)cc7c56)n4)cc4ccccc34)c2)c2ccccc2)cccc1-n1c2ccccc2c2ccc3ccccc3c21. The number of aromatic nitrogens is 5. The molecule has 2 N–H and O–H groups in total. The summed E-state index contributed by atoms with van der Waals surface area (Å²) in [4.78, 5) is 26.7. The highest BCUT2D eigenvalue weighted by Gasteiger charge is 2.24. The number of aliphatic imine (C=N–C) groups is 2. The van der Waals surface area contributed by atoms with Gasteiger partial charge in [-0.25, -0.2) is 24.9 Å². The van der Waals surface area contributed by atoms with Crippen LogP contribution in [0.3, 0.4) is 0 Å². The third-order valence-electron chi connectivity index (χ3n) is 21.2. The minimum Gasteiger partial charge on any atom is -0.471 e. The van der Waals surface area contributed by atoms with Gasteiger partial charge in [0.1, 0.15) is 22.8 Å². The summed E-state index contributed by atoms with van der Waals surface area (Å²) in [6, 6.07) is 121. The van der Waals surface area contributed by atoms with Crippen LogP contribution in [-0.2, 0) is 0 Å². The van der Waals surface area contributed by atoms with Gasteiger partial charge in [-0.05, 0) is 152 Å². The summed E-state index contributed by atoms with van der Waals surface area (Å²) in [5.41, 5.74) is 26.5. The highest BCUT2D eigenvalue weighted by atomic mass is 16.5. The fourth-order valence-electron chi connectivity index (χ4n) is 16.0. The summed E-state index contributed by atoms with van der Waals surface area (Å²) in [7, 11) is 0. The van der Waals surface area contributed by atoms with Crippen LogP contribution >= 0.6 is 0 Å². The van der Waals surface area contributed by atoms with Crippen LogP contribution in [0.15, 0.2) is 366 Å². The molecule has 0 aliphatic rings. The Balaban J connectivity index is 0.687. The van der Waals surface area contributed by atoms with Crippen molar-refractivity contribution >= 4 is 116 Å². The molecule has 16 aromatic carbocycles. The quantitative estimate of drug-likeness (QED) is 0.0806. The van der Waals surface area contributed by atoms with Crippen LogP contribution in [0.4, 0.5) is 0 Å². The second kappa shape index (κ2) is 27.4. The van der Waals surface area contributed by atoms with Crippen LogP contribution in [0.5, 0.6) is 5.75 Å². The number of hydrogen-bond acceptors (Lipinski definition) is 6. The summed E-state index contributed by atoms with van der Waals surface area (Å²) in [6.45, 7) is 2.12. The minimum atomic E-state index is -0.0287. The Hall–Kier alpha value is -14.6. The molecule has 0 amide bonds. The summed E-state index contributed by atoms with van der Waals surface area (Å²) >= 11 is 0. The first-order valence-electron chi connectivity index (χ1n) is 37.2. The fraction of sp³-hybridized carbons (Fsp3) is 0.0300. The molecular weight excluding hydrogens is 1350 g/mol.